The molecule has 0 atom stereocenters. The van der Waals surface area contributed by atoms with Crippen LogP contribution in [0.1, 0.15) is 10.6 Å². The van der Waals surface area contributed by atoms with Crippen molar-refractivity contribution in [3.05, 3.63) is 65.5 Å². The number of carbonyl (C=O) groups is 1. The second kappa shape index (κ2) is 5.41. The summed E-state index contributed by atoms with van der Waals surface area (Å²) in [5.74, 6) is 0.951. The number of halogens is 1. The number of nitrogens with zero attached hydrogens (tertiary/aromatic N) is 1. The lowest BCUT2D eigenvalue weighted by Crippen LogP contribution is -1.83. The van der Waals surface area contributed by atoms with E-state index in [0.717, 1.165) is 27.9 Å². The molecule has 3 heterocycles. The van der Waals surface area contributed by atoms with E-state index in [1.807, 2.05) is 36.4 Å². The van der Waals surface area contributed by atoms with Gasteiger partial charge in [-0.1, -0.05) is 35.9 Å². The van der Waals surface area contributed by atoms with Crippen molar-refractivity contribution in [1.82, 2.24) is 9.97 Å². The molecule has 0 fully saturated rings. The molecule has 1 aromatic carbocycles. The minimum absolute atomic E-state index is 0.305. The lowest BCUT2D eigenvalue weighted by atomic mass is 10.0. The molecule has 0 unspecified atom stereocenters. The molecule has 0 aliphatic heterocycles. The number of fused-ring (bicyclic) bond motifs is 1. The largest absolute Gasteiger partial charge is 0.453 e. The van der Waals surface area contributed by atoms with Crippen LogP contribution in [0, 0.1) is 0 Å². The SMILES string of the molecule is O=Cc1ccc(-c2ccccc2-c2cc3nc(Cl)ccc3[nH]2)o1. The number of aromatic amines is 1. The summed E-state index contributed by atoms with van der Waals surface area (Å²) >= 11 is 5.95. The maximum absolute atomic E-state index is 10.8. The number of carbonyl (C=O) groups excluding carboxylic acids is 1. The quantitative estimate of drug-likeness (QED) is 0.428. The second-order valence-electron chi connectivity index (χ2n) is 5.12. The molecule has 4 aromatic rings. The first kappa shape index (κ1) is 13.8. The molecule has 23 heavy (non-hydrogen) atoms. The van der Waals surface area contributed by atoms with E-state index in [-0.39, 0.29) is 0 Å². The van der Waals surface area contributed by atoms with Crippen molar-refractivity contribution in [1.29, 1.82) is 0 Å². The summed E-state index contributed by atoms with van der Waals surface area (Å²) in [6.07, 6.45) is 0.695. The van der Waals surface area contributed by atoms with Crippen LogP contribution in [0.25, 0.3) is 33.6 Å². The van der Waals surface area contributed by atoms with E-state index < -0.39 is 0 Å². The minimum Gasteiger partial charge on any atom is -0.453 e. The summed E-state index contributed by atoms with van der Waals surface area (Å²) in [6, 6.07) is 16.9. The average molecular weight is 323 g/mol. The Bertz CT molecular complexity index is 1020. The van der Waals surface area contributed by atoms with Crippen LogP contribution < -0.4 is 0 Å². The summed E-state index contributed by atoms with van der Waals surface area (Å²) < 4.78 is 5.56. The minimum atomic E-state index is 0.305. The number of hydrogen-bond acceptors (Lipinski definition) is 3. The lowest BCUT2D eigenvalue weighted by Gasteiger charge is -2.05. The first-order chi connectivity index (χ1) is 11.2. The highest BCUT2D eigenvalue weighted by molar-refractivity contribution is 6.29. The number of hydrogen-bond donors (Lipinski definition) is 1. The van der Waals surface area contributed by atoms with Gasteiger partial charge >= 0.3 is 0 Å². The normalized spacial score (nSPS) is 11.0. The molecule has 0 saturated carbocycles. The molecule has 4 nitrogen and oxygen atoms in total. The maximum atomic E-state index is 10.8. The Kier molecular flexibility index (Phi) is 3.24. The van der Waals surface area contributed by atoms with Gasteiger partial charge in [0.2, 0.25) is 0 Å². The number of H-pyrrole nitrogens is 1. The molecule has 0 aliphatic carbocycles. The van der Waals surface area contributed by atoms with Crippen molar-refractivity contribution in [2.75, 3.05) is 0 Å². The van der Waals surface area contributed by atoms with Crippen LogP contribution in [0.5, 0.6) is 0 Å². The Morgan fingerprint density at radius 2 is 1.87 bits per heavy atom. The van der Waals surface area contributed by atoms with Crippen LogP contribution in [0.3, 0.4) is 0 Å². The van der Waals surface area contributed by atoms with Crippen LogP contribution in [0.2, 0.25) is 5.15 Å². The fourth-order valence-corrected chi connectivity index (χ4v) is 2.78. The maximum Gasteiger partial charge on any atom is 0.185 e. The van der Waals surface area contributed by atoms with E-state index in [1.165, 1.54) is 0 Å². The van der Waals surface area contributed by atoms with Gasteiger partial charge in [0.1, 0.15) is 10.9 Å². The Hall–Kier alpha value is -2.85. The molecule has 4 rings (SSSR count). The zero-order valence-electron chi connectivity index (χ0n) is 11.9. The van der Waals surface area contributed by atoms with Gasteiger partial charge in [0, 0.05) is 16.8 Å². The van der Waals surface area contributed by atoms with E-state index in [1.54, 1.807) is 18.2 Å². The molecule has 0 aliphatic rings. The number of nitrogens with one attached hydrogen (secondary N) is 1. The van der Waals surface area contributed by atoms with E-state index in [2.05, 4.69) is 9.97 Å². The van der Waals surface area contributed by atoms with E-state index in [4.69, 9.17) is 16.0 Å². The first-order valence-electron chi connectivity index (χ1n) is 7.04. The van der Waals surface area contributed by atoms with Crippen molar-refractivity contribution in [2.24, 2.45) is 0 Å². The van der Waals surface area contributed by atoms with Crippen molar-refractivity contribution < 1.29 is 9.21 Å². The van der Waals surface area contributed by atoms with Crippen LogP contribution >= 0.6 is 11.6 Å². The number of rotatable bonds is 3. The van der Waals surface area contributed by atoms with Gasteiger partial charge in [-0.15, -0.1) is 0 Å². The topological polar surface area (TPSA) is 58.9 Å². The summed E-state index contributed by atoms with van der Waals surface area (Å²) in [4.78, 5) is 18.5. The van der Waals surface area contributed by atoms with E-state index in [0.29, 0.717) is 23.0 Å². The second-order valence-corrected chi connectivity index (χ2v) is 5.50. The number of pyridine rings is 1. The van der Waals surface area contributed by atoms with E-state index >= 15 is 0 Å². The van der Waals surface area contributed by atoms with Gasteiger partial charge in [0.15, 0.2) is 12.0 Å². The fraction of sp³-hybridized carbons (Fsp3) is 0. The Balaban J connectivity index is 1.89. The molecule has 0 amide bonds. The van der Waals surface area contributed by atoms with Gasteiger partial charge in [-0.25, -0.2) is 4.98 Å². The highest BCUT2D eigenvalue weighted by Gasteiger charge is 2.13. The molecule has 0 spiro atoms. The Labute approximate surface area is 136 Å². The molecular formula is C18H11ClN2O2. The monoisotopic (exact) mass is 322 g/mol. The molecule has 0 radical (unpaired) electrons. The van der Waals surface area contributed by atoms with Crippen LogP contribution in [-0.2, 0) is 0 Å². The zero-order chi connectivity index (χ0) is 15.8. The van der Waals surface area contributed by atoms with E-state index in [9.17, 15) is 4.79 Å². The third-order valence-electron chi connectivity index (χ3n) is 3.67. The number of aromatic nitrogens is 2. The molecular weight excluding hydrogens is 312 g/mol. The van der Waals surface area contributed by atoms with Gasteiger partial charge in [0.05, 0.1) is 11.0 Å². The van der Waals surface area contributed by atoms with Crippen LogP contribution in [0.15, 0.2) is 59.0 Å². The summed E-state index contributed by atoms with van der Waals surface area (Å²) in [6.45, 7) is 0. The predicted molar refractivity (Wildman–Crippen MR) is 89.6 cm³/mol. The molecule has 1 N–H and O–H groups in total. The number of furan rings is 1. The smallest absolute Gasteiger partial charge is 0.185 e. The first-order valence-corrected chi connectivity index (χ1v) is 7.42. The lowest BCUT2D eigenvalue weighted by molar-refractivity contribution is 0.110. The van der Waals surface area contributed by atoms with Crippen LogP contribution in [-0.4, -0.2) is 16.3 Å². The van der Waals surface area contributed by atoms with Crippen molar-refractivity contribution in [3.8, 4) is 22.6 Å². The predicted octanol–water partition coefficient (Wildman–Crippen LogP) is 4.96. The summed E-state index contributed by atoms with van der Waals surface area (Å²) in [5, 5.41) is 0.456. The van der Waals surface area contributed by atoms with Gasteiger partial charge < -0.3 is 9.40 Å². The molecule has 5 heteroatoms. The van der Waals surface area contributed by atoms with Gasteiger partial charge in [-0.2, -0.15) is 0 Å². The third-order valence-corrected chi connectivity index (χ3v) is 3.88. The third kappa shape index (κ3) is 2.43. The van der Waals surface area contributed by atoms with Gasteiger partial charge in [-0.05, 0) is 30.3 Å². The number of benzene rings is 1. The zero-order valence-corrected chi connectivity index (χ0v) is 12.7. The van der Waals surface area contributed by atoms with Gasteiger partial charge in [-0.3, -0.25) is 4.79 Å². The van der Waals surface area contributed by atoms with Crippen LogP contribution in [0.4, 0.5) is 0 Å². The average Bonchev–Trinajstić information content (AvgIpc) is 3.21. The van der Waals surface area contributed by atoms with Crippen molar-refractivity contribution in [2.45, 2.75) is 0 Å². The fourth-order valence-electron chi connectivity index (χ4n) is 2.62. The molecule has 0 saturated heterocycles. The Morgan fingerprint density at radius 3 is 2.65 bits per heavy atom. The van der Waals surface area contributed by atoms with Gasteiger partial charge in [0.25, 0.3) is 0 Å². The van der Waals surface area contributed by atoms with Crippen molar-refractivity contribution in [3.63, 3.8) is 0 Å². The molecule has 0 bridgehead atoms. The summed E-state index contributed by atoms with van der Waals surface area (Å²) in [5.41, 5.74) is 4.49. The summed E-state index contributed by atoms with van der Waals surface area (Å²) in [7, 11) is 0. The Morgan fingerprint density at radius 1 is 1.04 bits per heavy atom. The highest BCUT2D eigenvalue weighted by Crippen LogP contribution is 2.33. The number of aldehydes is 1. The standard InChI is InChI=1S/C18H11ClN2O2/c19-18-8-6-14-16(21-18)9-15(20-14)12-3-1-2-4-13(12)17-7-5-11(10-22)23-17/h1-10,20H. The highest BCUT2D eigenvalue weighted by atomic mass is 35.5. The molecule has 112 valence electrons. The molecule has 3 aromatic heterocycles. The van der Waals surface area contributed by atoms with Crippen molar-refractivity contribution >= 4 is 28.9 Å².